The molecule has 2 aromatic rings. The van der Waals surface area contributed by atoms with E-state index in [2.05, 4.69) is 15.4 Å². The van der Waals surface area contributed by atoms with Gasteiger partial charge in [-0.25, -0.2) is 9.67 Å². The summed E-state index contributed by atoms with van der Waals surface area (Å²) in [4.78, 5) is 16.6. The molecule has 2 bridgehead atoms. The van der Waals surface area contributed by atoms with Crippen molar-refractivity contribution in [1.82, 2.24) is 20.1 Å². The number of nitrogens with two attached hydrogens (primary N) is 1. The molecule has 1 aromatic carbocycles. The summed E-state index contributed by atoms with van der Waals surface area (Å²) >= 11 is 0. The Hall–Kier alpha value is -1.92. The highest BCUT2D eigenvalue weighted by Crippen LogP contribution is 2.39. The van der Waals surface area contributed by atoms with Gasteiger partial charge in [0.25, 0.3) is 5.91 Å². The second kappa shape index (κ2) is 7.54. The van der Waals surface area contributed by atoms with Gasteiger partial charge in [-0.3, -0.25) is 4.79 Å². The van der Waals surface area contributed by atoms with E-state index >= 15 is 0 Å². The number of nitrogens with zero attached hydrogens (tertiary/aromatic N) is 3. The van der Waals surface area contributed by atoms with Crippen molar-refractivity contribution in [1.29, 1.82) is 0 Å². The van der Waals surface area contributed by atoms with E-state index in [0.717, 1.165) is 18.5 Å². The topological polar surface area (TPSA) is 85.8 Å². The summed E-state index contributed by atoms with van der Waals surface area (Å²) in [6, 6.07) is 8.05. The number of carbonyl (C=O) groups excluding carboxylic acids is 1. The molecule has 2 fully saturated rings. The fourth-order valence-corrected chi connectivity index (χ4v) is 4.37. The summed E-state index contributed by atoms with van der Waals surface area (Å²) in [7, 11) is 0. The molecule has 134 valence electrons. The van der Waals surface area contributed by atoms with Crippen LogP contribution in [0.25, 0.3) is 5.69 Å². The van der Waals surface area contributed by atoms with Crippen LogP contribution in [0.5, 0.6) is 0 Å². The quantitative estimate of drug-likeness (QED) is 0.878. The van der Waals surface area contributed by atoms with Crippen LogP contribution < -0.4 is 11.1 Å². The van der Waals surface area contributed by atoms with Crippen molar-refractivity contribution in [2.24, 2.45) is 17.6 Å². The Labute approximate surface area is 153 Å². The summed E-state index contributed by atoms with van der Waals surface area (Å²) in [6.07, 6.45) is 8.83. The van der Waals surface area contributed by atoms with Gasteiger partial charge in [-0.2, -0.15) is 5.10 Å². The molecular formula is C18H24ClN5O. The fourth-order valence-electron chi connectivity index (χ4n) is 4.37. The lowest BCUT2D eigenvalue weighted by Crippen LogP contribution is -2.53. The maximum Gasteiger partial charge on any atom is 0.251 e. The number of benzene rings is 1. The Bertz CT molecular complexity index is 689. The van der Waals surface area contributed by atoms with E-state index in [0.29, 0.717) is 23.4 Å². The molecule has 0 aliphatic heterocycles. The van der Waals surface area contributed by atoms with Crippen LogP contribution in [0, 0.1) is 11.8 Å². The smallest absolute Gasteiger partial charge is 0.251 e. The van der Waals surface area contributed by atoms with E-state index in [-0.39, 0.29) is 24.4 Å². The first-order valence-electron chi connectivity index (χ1n) is 8.72. The molecule has 6 nitrogen and oxygen atoms in total. The summed E-state index contributed by atoms with van der Waals surface area (Å²) in [5, 5.41) is 7.38. The van der Waals surface area contributed by atoms with Crippen LogP contribution in [0.1, 0.15) is 42.5 Å². The van der Waals surface area contributed by atoms with Crippen LogP contribution in [0.4, 0.5) is 0 Å². The van der Waals surface area contributed by atoms with Crippen molar-refractivity contribution >= 4 is 18.3 Å². The second-order valence-corrected chi connectivity index (χ2v) is 7.07. The SMILES string of the molecule is Cl.NC1CC2CCCC(C1)C2NC(=O)c1ccc(-n2cncn2)cc1. The third kappa shape index (κ3) is 3.70. The standard InChI is InChI=1S/C18H23N5O.ClH/c19-15-8-13-2-1-3-14(9-15)17(13)22-18(24)12-4-6-16(7-5-12)23-11-20-10-21-23;/h4-7,10-11,13-15,17H,1-3,8-9,19H2,(H,22,24);1H. The van der Waals surface area contributed by atoms with Crippen molar-refractivity contribution in [3.8, 4) is 5.69 Å². The van der Waals surface area contributed by atoms with Gasteiger partial charge < -0.3 is 11.1 Å². The first-order valence-corrected chi connectivity index (χ1v) is 8.72. The van der Waals surface area contributed by atoms with Crippen LogP contribution >= 0.6 is 12.4 Å². The van der Waals surface area contributed by atoms with Gasteiger partial charge in [-0.15, -0.1) is 12.4 Å². The van der Waals surface area contributed by atoms with E-state index in [4.69, 9.17) is 5.73 Å². The third-order valence-electron chi connectivity index (χ3n) is 5.49. The van der Waals surface area contributed by atoms with Crippen LogP contribution in [-0.4, -0.2) is 32.8 Å². The maximum atomic E-state index is 12.6. The first kappa shape index (κ1) is 17.9. The summed E-state index contributed by atoms with van der Waals surface area (Å²) in [6.45, 7) is 0. The van der Waals surface area contributed by atoms with Crippen LogP contribution in [0.15, 0.2) is 36.9 Å². The minimum atomic E-state index is 0. The van der Waals surface area contributed by atoms with E-state index < -0.39 is 0 Å². The lowest BCUT2D eigenvalue weighted by atomic mass is 9.67. The van der Waals surface area contributed by atoms with Gasteiger partial charge in [0.1, 0.15) is 12.7 Å². The average molecular weight is 362 g/mol. The van der Waals surface area contributed by atoms with Crippen molar-refractivity contribution in [2.75, 3.05) is 0 Å². The largest absolute Gasteiger partial charge is 0.349 e. The lowest BCUT2D eigenvalue weighted by molar-refractivity contribution is 0.0756. The number of hydrogen-bond acceptors (Lipinski definition) is 4. The number of nitrogens with one attached hydrogen (secondary N) is 1. The lowest BCUT2D eigenvalue weighted by Gasteiger charge is -2.45. The number of aromatic nitrogens is 3. The van der Waals surface area contributed by atoms with Gasteiger partial charge >= 0.3 is 0 Å². The van der Waals surface area contributed by atoms with E-state index in [1.807, 2.05) is 24.3 Å². The molecule has 0 saturated heterocycles. The van der Waals surface area contributed by atoms with Crippen molar-refractivity contribution in [3.63, 3.8) is 0 Å². The molecule has 2 saturated carbocycles. The Kier molecular flexibility index (Phi) is 5.39. The Morgan fingerprint density at radius 3 is 2.44 bits per heavy atom. The molecule has 7 heteroatoms. The average Bonchev–Trinajstić information content (AvgIpc) is 3.10. The number of amides is 1. The molecule has 25 heavy (non-hydrogen) atoms. The minimum Gasteiger partial charge on any atom is -0.349 e. The Morgan fingerprint density at radius 2 is 1.84 bits per heavy atom. The number of rotatable bonds is 3. The molecule has 2 aliphatic carbocycles. The van der Waals surface area contributed by atoms with Gasteiger partial charge in [-0.05, 0) is 61.8 Å². The van der Waals surface area contributed by atoms with Gasteiger partial charge in [0.05, 0.1) is 5.69 Å². The summed E-state index contributed by atoms with van der Waals surface area (Å²) < 4.78 is 1.68. The highest BCUT2D eigenvalue weighted by molar-refractivity contribution is 5.94. The maximum absolute atomic E-state index is 12.6. The molecule has 3 N–H and O–H groups in total. The van der Waals surface area contributed by atoms with Crippen molar-refractivity contribution in [2.45, 2.75) is 44.2 Å². The second-order valence-electron chi connectivity index (χ2n) is 7.07. The summed E-state index contributed by atoms with van der Waals surface area (Å²) in [5.41, 5.74) is 7.75. The Balaban J connectivity index is 0.00000182. The molecule has 1 amide bonds. The normalized spacial score (nSPS) is 28.0. The van der Waals surface area contributed by atoms with Crippen LogP contribution in [-0.2, 0) is 0 Å². The number of carbonyl (C=O) groups is 1. The van der Waals surface area contributed by atoms with Crippen molar-refractivity contribution in [3.05, 3.63) is 42.5 Å². The molecule has 4 rings (SSSR count). The van der Waals surface area contributed by atoms with Gasteiger partial charge in [0.15, 0.2) is 0 Å². The number of hydrogen-bond donors (Lipinski definition) is 2. The van der Waals surface area contributed by atoms with Gasteiger partial charge in [-0.1, -0.05) is 6.42 Å². The predicted molar refractivity (Wildman–Crippen MR) is 97.9 cm³/mol. The molecule has 1 heterocycles. The fraction of sp³-hybridized carbons (Fsp3) is 0.500. The van der Waals surface area contributed by atoms with Gasteiger partial charge in [0.2, 0.25) is 0 Å². The number of halogens is 1. The van der Waals surface area contributed by atoms with E-state index in [1.54, 1.807) is 11.0 Å². The molecule has 1 aromatic heterocycles. The van der Waals surface area contributed by atoms with Gasteiger partial charge in [0, 0.05) is 17.6 Å². The zero-order chi connectivity index (χ0) is 16.5. The Morgan fingerprint density at radius 1 is 1.16 bits per heavy atom. The molecule has 2 aliphatic rings. The zero-order valence-corrected chi connectivity index (χ0v) is 14.9. The molecule has 0 spiro atoms. The van der Waals surface area contributed by atoms with Crippen LogP contribution in [0.3, 0.4) is 0 Å². The third-order valence-corrected chi connectivity index (χ3v) is 5.49. The highest BCUT2D eigenvalue weighted by Gasteiger charge is 2.39. The van der Waals surface area contributed by atoms with E-state index in [9.17, 15) is 4.79 Å². The van der Waals surface area contributed by atoms with Crippen molar-refractivity contribution < 1.29 is 4.79 Å². The predicted octanol–water partition coefficient (Wildman–Crippen LogP) is 2.32. The monoisotopic (exact) mass is 361 g/mol. The van der Waals surface area contributed by atoms with Crippen LogP contribution in [0.2, 0.25) is 0 Å². The molecule has 0 radical (unpaired) electrons. The molecular weight excluding hydrogens is 338 g/mol. The zero-order valence-electron chi connectivity index (χ0n) is 14.0. The highest BCUT2D eigenvalue weighted by atomic mass is 35.5. The summed E-state index contributed by atoms with van der Waals surface area (Å²) in [5.74, 6) is 1.08. The molecule has 2 unspecified atom stereocenters. The number of fused-ring (bicyclic) bond motifs is 2. The molecule has 2 atom stereocenters. The van der Waals surface area contributed by atoms with E-state index in [1.165, 1.54) is 25.6 Å². The minimum absolute atomic E-state index is 0. The first-order chi connectivity index (χ1) is 11.7.